The van der Waals surface area contributed by atoms with Crippen molar-refractivity contribution in [2.45, 2.75) is 25.4 Å². The summed E-state index contributed by atoms with van der Waals surface area (Å²) in [6.45, 7) is 3.47. The number of amides is 1. The second-order valence-corrected chi connectivity index (χ2v) is 7.00. The van der Waals surface area contributed by atoms with Crippen LogP contribution in [-0.4, -0.2) is 40.0 Å². The van der Waals surface area contributed by atoms with Crippen LogP contribution in [0.2, 0.25) is 0 Å². The van der Waals surface area contributed by atoms with E-state index in [2.05, 4.69) is 16.9 Å². The highest BCUT2D eigenvalue weighted by molar-refractivity contribution is 5.95. The number of carbonyl (C=O) groups excluding carboxylic acids is 1. The Morgan fingerprint density at radius 1 is 1.24 bits per heavy atom. The molecule has 5 nitrogen and oxygen atoms in total. The van der Waals surface area contributed by atoms with Crippen molar-refractivity contribution in [1.82, 2.24) is 14.9 Å². The van der Waals surface area contributed by atoms with E-state index in [-0.39, 0.29) is 17.9 Å². The van der Waals surface area contributed by atoms with Crippen molar-refractivity contribution < 1.29 is 9.53 Å². The van der Waals surface area contributed by atoms with Crippen LogP contribution in [0.25, 0.3) is 11.0 Å². The maximum Gasteiger partial charge on any atom is 0.253 e. The number of imidazole rings is 1. The topological polar surface area (TPSA) is 58.2 Å². The van der Waals surface area contributed by atoms with Crippen LogP contribution in [0.5, 0.6) is 5.75 Å². The molecular formula is C20H19N3O2. The minimum atomic E-state index is 0.0923. The number of nitrogens with zero attached hydrogens (tertiary/aromatic N) is 2. The lowest BCUT2D eigenvalue weighted by Crippen LogP contribution is -2.48. The summed E-state index contributed by atoms with van der Waals surface area (Å²) >= 11 is 0. The lowest BCUT2D eigenvalue weighted by Gasteiger charge is -2.38. The number of nitrogens with one attached hydrogen (secondary N) is 1. The third kappa shape index (κ3) is 2.38. The largest absolute Gasteiger partial charge is 0.490 e. The van der Waals surface area contributed by atoms with Crippen molar-refractivity contribution in [1.29, 1.82) is 0 Å². The molecule has 25 heavy (non-hydrogen) atoms. The van der Waals surface area contributed by atoms with Gasteiger partial charge in [0.15, 0.2) is 0 Å². The Bertz CT molecular complexity index is 939. The number of aromatic nitrogens is 2. The number of rotatable bonds is 2. The summed E-state index contributed by atoms with van der Waals surface area (Å²) in [4.78, 5) is 22.6. The number of benzene rings is 2. The summed E-state index contributed by atoms with van der Waals surface area (Å²) in [5, 5.41) is 0. The molecule has 3 aromatic rings. The van der Waals surface area contributed by atoms with Crippen molar-refractivity contribution in [2.75, 3.05) is 13.1 Å². The first kappa shape index (κ1) is 14.5. The van der Waals surface area contributed by atoms with Crippen LogP contribution in [0, 0.1) is 0 Å². The number of H-pyrrole nitrogens is 1. The molecule has 1 N–H and O–H groups in total. The minimum Gasteiger partial charge on any atom is -0.490 e. The first-order valence-electron chi connectivity index (χ1n) is 8.71. The average Bonchev–Trinajstić information content (AvgIpc) is 3.14. The molecule has 1 fully saturated rings. The number of para-hydroxylation sites is 2. The molecule has 2 aliphatic heterocycles. The van der Waals surface area contributed by atoms with Gasteiger partial charge in [-0.05, 0) is 42.8 Å². The quantitative estimate of drug-likeness (QED) is 0.784. The summed E-state index contributed by atoms with van der Waals surface area (Å²) in [7, 11) is 0. The summed E-state index contributed by atoms with van der Waals surface area (Å²) in [6.07, 6.45) is 1.07. The normalized spacial score (nSPS) is 19.6. The van der Waals surface area contributed by atoms with Crippen molar-refractivity contribution in [3.63, 3.8) is 0 Å². The van der Waals surface area contributed by atoms with Crippen LogP contribution in [0.3, 0.4) is 0 Å². The monoisotopic (exact) mass is 333 g/mol. The molecule has 2 aliphatic rings. The maximum atomic E-state index is 12.7. The molecule has 126 valence electrons. The van der Waals surface area contributed by atoms with Gasteiger partial charge in [-0.25, -0.2) is 4.98 Å². The van der Waals surface area contributed by atoms with E-state index in [9.17, 15) is 4.79 Å². The minimum absolute atomic E-state index is 0.0923. The van der Waals surface area contributed by atoms with Gasteiger partial charge in [0.25, 0.3) is 5.91 Å². The molecule has 1 aromatic heterocycles. The second-order valence-electron chi connectivity index (χ2n) is 7.00. The van der Waals surface area contributed by atoms with Crippen molar-refractivity contribution in [3.8, 4) is 5.75 Å². The Morgan fingerprint density at radius 3 is 2.92 bits per heavy atom. The summed E-state index contributed by atoms with van der Waals surface area (Å²) in [5.41, 5.74) is 3.91. The highest BCUT2D eigenvalue weighted by Gasteiger charge is 2.34. The molecule has 1 saturated heterocycles. The van der Waals surface area contributed by atoms with Gasteiger partial charge in [0.05, 0.1) is 17.0 Å². The Balaban J connectivity index is 1.30. The molecule has 0 unspecified atom stereocenters. The number of carbonyl (C=O) groups is 1. The number of fused-ring (bicyclic) bond motifs is 2. The van der Waals surface area contributed by atoms with Crippen LogP contribution < -0.4 is 4.74 Å². The van der Waals surface area contributed by atoms with E-state index >= 15 is 0 Å². The fourth-order valence-electron chi connectivity index (χ4n) is 3.72. The fraction of sp³-hybridized carbons (Fsp3) is 0.300. The van der Waals surface area contributed by atoms with Gasteiger partial charge in [0, 0.05) is 25.1 Å². The predicted molar refractivity (Wildman–Crippen MR) is 95.0 cm³/mol. The summed E-state index contributed by atoms with van der Waals surface area (Å²) in [6, 6.07) is 13.8. The molecule has 0 spiro atoms. The van der Waals surface area contributed by atoms with Crippen molar-refractivity contribution in [3.05, 3.63) is 59.4 Å². The SMILES string of the molecule is C[C@@H]1Cc2cc(C(=O)N3CC(c4nc5ccccc5[nH]4)C3)ccc2O1. The van der Waals surface area contributed by atoms with Gasteiger partial charge < -0.3 is 14.6 Å². The van der Waals surface area contributed by atoms with Gasteiger partial charge in [0.2, 0.25) is 0 Å². The zero-order valence-electron chi connectivity index (χ0n) is 14.0. The molecular weight excluding hydrogens is 314 g/mol. The van der Waals surface area contributed by atoms with Crippen LogP contribution in [0.15, 0.2) is 42.5 Å². The van der Waals surface area contributed by atoms with Crippen LogP contribution in [0.1, 0.15) is 34.6 Å². The van der Waals surface area contributed by atoms with Crippen molar-refractivity contribution >= 4 is 16.9 Å². The Morgan fingerprint density at radius 2 is 2.08 bits per heavy atom. The van der Waals surface area contributed by atoms with E-state index < -0.39 is 0 Å². The lowest BCUT2D eigenvalue weighted by molar-refractivity contribution is 0.0595. The van der Waals surface area contributed by atoms with Gasteiger partial charge in [0.1, 0.15) is 17.7 Å². The Labute approximate surface area is 145 Å². The number of hydrogen-bond acceptors (Lipinski definition) is 3. The standard InChI is InChI=1S/C20H19N3O2/c1-12-8-14-9-13(6-7-18(14)25-12)20(24)23-10-15(11-23)19-21-16-4-2-3-5-17(16)22-19/h2-7,9,12,15H,8,10-11H2,1H3,(H,21,22)/t12-/m1/s1. The third-order valence-electron chi connectivity index (χ3n) is 5.11. The molecule has 3 heterocycles. The summed E-state index contributed by atoms with van der Waals surface area (Å²) < 4.78 is 5.71. The molecule has 1 atom stereocenters. The smallest absolute Gasteiger partial charge is 0.253 e. The van der Waals surface area contributed by atoms with Gasteiger partial charge in [-0.3, -0.25) is 4.79 Å². The Kier molecular flexibility index (Phi) is 3.10. The maximum absolute atomic E-state index is 12.7. The fourth-order valence-corrected chi connectivity index (χ4v) is 3.72. The third-order valence-corrected chi connectivity index (χ3v) is 5.11. The number of likely N-dealkylation sites (tertiary alicyclic amines) is 1. The average molecular weight is 333 g/mol. The molecule has 0 saturated carbocycles. The molecule has 5 heteroatoms. The molecule has 1 amide bonds. The number of aromatic amines is 1. The number of hydrogen-bond donors (Lipinski definition) is 1. The Hall–Kier alpha value is -2.82. The van der Waals surface area contributed by atoms with E-state index in [4.69, 9.17) is 4.74 Å². The lowest BCUT2D eigenvalue weighted by atomic mass is 9.97. The predicted octanol–water partition coefficient (Wildman–Crippen LogP) is 3.13. The van der Waals surface area contributed by atoms with Gasteiger partial charge in [-0.1, -0.05) is 12.1 Å². The van der Waals surface area contributed by atoms with E-state index in [1.54, 1.807) is 0 Å². The molecule has 0 aliphatic carbocycles. The zero-order chi connectivity index (χ0) is 17.0. The molecule has 5 rings (SSSR count). The van der Waals surface area contributed by atoms with E-state index in [0.29, 0.717) is 13.1 Å². The van der Waals surface area contributed by atoms with Crippen LogP contribution in [-0.2, 0) is 6.42 Å². The first-order chi connectivity index (χ1) is 12.2. The molecule has 0 bridgehead atoms. The van der Waals surface area contributed by atoms with E-state index in [0.717, 1.165) is 40.2 Å². The van der Waals surface area contributed by atoms with E-state index in [1.165, 1.54) is 0 Å². The van der Waals surface area contributed by atoms with Gasteiger partial charge >= 0.3 is 0 Å². The van der Waals surface area contributed by atoms with Gasteiger partial charge in [-0.2, -0.15) is 0 Å². The molecule has 2 aromatic carbocycles. The van der Waals surface area contributed by atoms with Crippen molar-refractivity contribution in [2.24, 2.45) is 0 Å². The van der Waals surface area contributed by atoms with E-state index in [1.807, 2.05) is 47.4 Å². The second kappa shape index (κ2) is 5.34. The molecule has 0 radical (unpaired) electrons. The zero-order valence-corrected chi connectivity index (χ0v) is 14.0. The first-order valence-corrected chi connectivity index (χ1v) is 8.71. The summed E-state index contributed by atoms with van der Waals surface area (Å²) in [5.74, 6) is 2.26. The van der Waals surface area contributed by atoms with Crippen LogP contribution >= 0.6 is 0 Å². The highest BCUT2D eigenvalue weighted by atomic mass is 16.5. The van der Waals surface area contributed by atoms with Crippen LogP contribution in [0.4, 0.5) is 0 Å². The highest BCUT2D eigenvalue weighted by Crippen LogP contribution is 2.32. The van der Waals surface area contributed by atoms with Gasteiger partial charge in [-0.15, -0.1) is 0 Å². The number of ether oxygens (including phenoxy) is 1.